The molecule has 5 rings (SSSR count). The van der Waals surface area contributed by atoms with Gasteiger partial charge >= 0.3 is 0 Å². The molecule has 0 unspecified atom stereocenters. The number of rotatable bonds is 5. The number of pyridine rings is 1. The maximum Gasteiger partial charge on any atom is 0.274 e. The molecule has 0 bridgehead atoms. The molecule has 9 nitrogen and oxygen atoms in total. The second-order valence-corrected chi connectivity index (χ2v) is 11.7. The van der Waals surface area contributed by atoms with Crippen LogP contribution in [0.2, 0.25) is 10.0 Å². The van der Waals surface area contributed by atoms with Crippen LogP contribution in [0, 0.1) is 6.92 Å². The van der Waals surface area contributed by atoms with Crippen molar-refractivity contribution in [2.45, 2.75) is 39.8 Å². The third kappa shape index (κ3) is 5.00. The van der Waals surface area contributed by atoms with Crippen LogP contribution >= 0.6 is 23.2 Å². The lowest BCUT2D eigenvalue weighted by Gasteiger charge is -2.31. The number of carbonyl (C=O) groups excluding carboxylic acids is 2. The first-order valence-corrected chi connectivity index (χ1v) is 13.5. The minimum absolute atomic E-state index is 0.107. The minimum Gasteiger partial charge on any atom is -0.496 e. The van der Waals surface area contributed by atoms with Crippen molar-refractivity contribution in [3.05, 3.63) is 75.2 Å². The van der Waals surface area contributed by atoms with Crippen LogP contribution in [0.1, 0.15) is 52.7 Å². The SMILES string of the molecule is COc1cc2c(cc1-c1cncc(C(N)=O)c1C)-c1c(c(C(=O)N(C)C(C)(C)C)nn1-c1cc(Cl)cc(Cl)c1)CO2. The summed E-state index contributed by atoms with van der Waals surface area (Å²) < 4.78 is 13.6. The maximum atomic E-state index is 13.8. The summed E-state index contributed by atoms with van der Waals surface area (Å²) in [6.07, 6.45) is 3.09. The van der Waals surface area contributed by atoms with Crippen LogP contribution in [0.25, 0.3) is 28.1 Å². The first kappa shape index (κ1) is 28.4. The highest BCUT2D eigenvalue weighted by Crippen LogP contribution is 2.47. The molecule has 0 fully saturated rings. The summed E-state index contributed by atoms with van der Waals surface area (Å²) in [6, 6.07) is 8.74. The zero-order valence-electron chi connectivity index (χ0n) is 23.5. The highest BCUT2D eigenvalue weighted by molar-refractivity contribution is 6.34. The number of nitrogens with two attached hydrogens (primary N) is 1. The van der Waals surface area contributed by atoms with Crippen LogP contribution in [0.15, 0.2) is 42.7 Å². The molecule has 1 aliphatic heterocycles. The fraction of sp³-hybridized carbons (Fsp3) is 0.267. The summed E-state index contributed by atoms with van der Waals surface area (Å²) >= 11 is 12.8. The number of nitrogens with zero attached hydrogens (tertiary/aromatic N) is 4. The summed E-state index contributed by atoms with van der Waals surface area (Å²) in [5.74, 6) is 0.212. The average molecular weight is 594 g/mol. The molecular formula is C30H29Cl2N5O4. The Morgan fingerprint density at radius 1 is 1.05 bits per heavy atom. The fourth-order valence-electron chi connectivity index (χ4n) is 4.79. The molecule has 212 valence electrons. The van der Waals surface area contributed by atoms with E-state index >= 15 is 0 Å². The average Bonchev–Trinajstić information content (AvgIpc) is 3.30. The van der Waals surface area contributed by atoms with Gasteiger partial charge in [0.05, 0.1) is 24.1 Å². The van der Waals surface area contributed by atoms with Gasteiger partial charge in [0.2, 0.25) is 0 Å². The number of ether oxygens (including phenoxy) is 2. The first-order valence-electron chi connectivity index (χ1n) is 12.8. The van der Waals surface area contributed by atoms with Gasteiger partial charge in [0.25, 0.3) is 11.8 Å². The highest BCUT2D eigenvalue weighted by Gasteiger charge is 2.35. The van der Waals surface area contributed by atoms with Gasteiger partial charge in [0, 0.05) is 63.3 Å². The summed E-state index contributed by atoms with van der Waals surface area (Å²) in [5.41, 5.74) is 10.2. The predicted octanol–water partition coefficient (Wildman–Crippen LogP) is 6.09. The molecule has 4 aromatic rings. The van der Waals surface area contributed by atoms with Crippen molar-refractivity contribution >= 4 is 35.0 Å². The lowest BCUT2D eigenvalue weighted by molar-refractivity contribution is 0.0646. The molecule has 0 saturated carbocycles. The number of hydrogen-bond acceptors (Lipinski definition) is 6. The van der Waals surface area contributed by atoms with Gasteiger partial charge in [-0.15, -0.1) is 0 Å². The van der Waals surface area contributed by atoms with E-state index in [2.05, 4.69) is 4.98 Å². The Morgan fingerprint density at radius 3 is 2.34 bits per heavy atom. The molecule has 11 heteroatoms. The van der Waals surface area contributed by atoms with Gasteiger partial charge in [-0.3, -0.25) is 14.6 Å². The van der Waals surface area contributed by atoms with E-state index in [0.717, 1.165) is 0 Å². The quantitative estimate of drug-likeness (QED) is 0.300. The van der Waals surface area contributed by atoms with E-state index in [-0.39, 0.29) is 18.2 Å². The number of hydrogen-bond donors (Lipinski definition) is 1. The number of aromatic nitrogens is 3. The van der Waals surface area contributed by atoms with Crippen LogP contribution in [-0.4, -0.2) is 51.2 Å². The zero-order valence-corrected chi connectivity index (χ0v) is 25.0. The number of methoxy groups -OCH3 is 1. The second kappa shape index (κ2) is 10.4. The monoisotopic (exact) mass is 593 g/mol. The molecule has 2 aromatic carbocycles. The zero-order chi connectivity index (χ0) is 29.8. The Labute approximate surface area is 247 Å². The molecule has 0 saturated heterocycles. The number of amides is 2. The van der Waals surface area contributed by atoms with E-state index in [4.69, 9.17) is 43.5 Å². The molecule has 0 atom stereocenters. The Balaban J connectivity index is 1.81. The lowest BCUT2D eigenvalue weighted by Crippen LogP contribution is -2.43. The van der Waals surface area contributed by atoms with Gasteiger partial charge in [0.1, 0.15) is 18.1 Å². The molecule has 0 aliphatic carbocycles. The maximum absolute atomic E-state index is 13.8. The van der Waals surface area contributed by atoms with Crippen LogP contribution in [0.4, 0.5) is 0 Å². The Bertz CT molecular complexity index is 1700. The fourth-order valence-corrected chi connectivity index (χ4v) is 5.30. The van der Waals surface area contributed by atoms with Gasteiger partial charge in [-0.2, -0.15) is 5.10 Å². The molecule has 1 aliphatic rings. The number of primary amides is 1. The standard InChI is InChI=1S/C30H29Cl2N5O4/c1-15-21(12-34-13-22(15)28(33)38)19-10-20-25(11-24(19)40-6)41-14-23-26(29(39)36(5)30(2,3)4)35-37(27(20)23)18-8-16(31)7-17(32)9-18/h7-13H,14H2,1-6H3,(H2,33,38). The van der Waals surface area contributed by atoms with E-state index in [1.165, 1.54) is 6.20 Å². The Morgan fingerprint density at radius 2 is 1.73 bits per heavy atom. The Hall–Kier alpha value is -4.08. The van der Waals surface area contributed by atoms with E-state index in [9.17, 15) is 9.59 Å². The first-order chi connectivity index (χ1) is 19.3. The molecule has 0 spiro atoms. The molecular weight excluding hydrogens is 565 g/mol. The minimum atomic E-state index is -0.582. The van der Waals surface area contributed by atoms with Gasteiger partial charge in [-0.1, -0.05) is 23.2 Å². The van der Waals surface area contributed by atoms with Crippen molar-refractivity contribution in [3.63, 3.8) is 0 Å². The summed E-state index contributed by atoms with van der Waals surface area (Å²) in [6.45, 7) is 7.76. The van der Waals surface area contributed by atoms with Gasteiger partial charge in [-0.05, 0) is 57.5 Å². The molecule has 2 amide bonds. The van der Waals surface area contributed by atoms with Crippen molar-refractivity contribution in [2.24, 2.45) is 5.73 Å². The molecule has 3 heterocycles. The van der Waals surface area contributed by atoms with Crippen molar-refractivity contribution in [1.82, 2.24) is 19.7 Å². The topological polar surface area (TPSA) is 113 Å². The number of halogens is 2. The second-order valence-electron chi connectivity index (χ2n) is 10.8. The number of carbonyl (C=O) groups is 2. The lowest BCUT2D eigenvalue weighted by atomic mass is 9.93. The molecule has 0 radical (unpaired) electrons. The van der Waals surface area contributed by atoms with Crippen molar-refractivity contribution in [2.75, 3.05) is 14.2 Å². The predicted molar refractivity (Wildman–Crippen MR) is 158 cm³/mol. The van der Waals surface area contributed by atoms with Gasteiger partial charge in [-0.25, -0.2) is 4.68 Å². The van der Waals surface area contributed by atoms with Crippen molar-refractivity contribution in [3.8, 4) is 39.6 Å². The molecule has 41 heavy (non-hydrogen) atoms. The van der Waals surface area contributed by atoms with E-state index in [1.54, 1.807) is 61.1 Å². The van der Waals surface area contributed by atoms with E-state index in [1.807, 2.05) is 26.8 Å². The van der Waals surface area contributed by atoms with Crippen LogP contribution in [0.3, 0.4) is 0 Å². The summed E-state index contributed by atoms with van der Waals surface area (Å²) in [4.78, 5) is 31.7. The third-order valence-electron chi connectivity index (χ3n) is 7.29. The third-order valence-corrected chi connectivity index (χ3v) is 7.72. The van der Waals surface area contributed by atoms with Crippen molar-refractivity contribution in [1.29, 1.82) is 0 Å². The molecule has 2 aromatic heterocycles. The number of fused-ring (bicyclic) bond motifs is 3. The van der Waals surface area contributed by atoms with Crippen LogP contribution in [-0.2, 0) is 6.61 Å². The van der Waals surface area contributed by atoms with Gasteiger partial charge in [0.15, 0.2) is 5.69 Å². The largest absolute Gasteiger partial charge is 0.496 e. The summed E-state index contributed by atoms with van der Waals surface area (Å²) in [5, 5.41) is 5.64. The van der Waals surface area contributed by atoms with Crippen molar-refractivity contribution < 1.29 is 19.1 Å². The van der Waals surface area contributed by atoms with Crippen LogP contribution in [0.5, 0.6) is 11.5 Å². The normalized spacial score (nSPS) is 12.3. The smallest absolute Gasteiger partial charge is 0.274 e. The van der Waals surface area contributed by atoms with Gasteiger partial charge < -0.3 is 20.1 Å². The molecule has 2 N–H and O–H groups in total. The van der Waals surface area contributed by atoms with E-state index in [0.29, 0.717) is 66.3 Å². The highest BCUT2D eigenvalue weighted by atomic mass is 35.5. The Kier molecular flexibility index (Phi) is 7.21. The number of benzene rings is 2. The van der Waals surface area contributed by atoms with Crippen LogP contribution < -0.4 is 15.2 Å². The summed E-state index contributed by atoms with van der Waals surface area (Å²) in [7, 11) is 3.30. The van der Waals surface area contributed by atoms with E-state index < -0.39 is 11.4 Å².